The summed E-state index contributed by atoms with van der Waals surface area (Å²) >= 11 is 9.06. The van der Waals surface area contributed by atoms with Gasteiger partial charge in [-0.1, -0.05) is 11.6 Å². The average molecular weight is 367 g/mol. The maximum atomic E-state index is 12.6. The Balaban J connectivity index is 2.38. The Labute approximate surface area is 126 Å². The van der Waals surface area contributed by atoms with Gasteiger partial charge < -0.3 is 11.1 Å². The van der Waals surface area contributed by atoms with Crippen LogP contribution in [0.2, 0.25) is 5.02 Å². The van der Waals surface area contributed by atoms with E-state index in [1.165, 1.54) is 0 Å². The molecule has 0 bridgehead atoms. The highest BCUT2D eigenvalue weighted by atomic mass is 79.9. The highest BCUT2D eigenvalue weighted by molar-refractivity contribution is 9.10. The summed E-state index contributed by atoms with van der Waals surface area (Å²) < 4.78 is 38.4. The number of anilines is 3. The van der Waals surface area contributed by atoms with Crippen LogP contribution in [0, 0.1) is 0 Å². The van der Waals surface area contributed by atoms with Gasteiger partial charge in [0.25, 0.3) is 0 Å². The summed E-state index contributed by atoms with van der Waals surface area (Å²) in [6, 6.07) is 5.71. The normalized spacial score (nSPS) is 11.4. The molecule has 0 amide bonds. The average Bonchev–Trinajstić information content (AvgIpc) is 2.33. The number of nitrogens with one attached hydrogen (secondary N) is 1. The molecule has 8 heteroatoms. The molecule has 1 heterocycles. The van der Waals surface area contributed by atoms with Crippen LogP contribution in [-0.2, 0) is 6.18 Å². The van der Waals surface area contributed by atoms with Gasteiger partial charge >= 0.3 is 6.18 Å². The van der Waals surface area contributed by atoms with Gasteiger partial charge in [-0.05, 0) is 40.2 Å². The molecule has 0 unspecified atom stereocenters. The van der Waals surface area contributed by atoms with Crippen LogP contribution in [0.15, 0.2) is 34.9 Å². The molecule has 0 aliphatic rings. The molecule has 0 spiro atoms. The van der Waals surface area contributed by atoms with Crippen molar-refractivity contribution in [3.8, 4) is 0 Å². The molecule has 0 aliphatic heterocycles. The Hall–Kier alpha value is -1.47. The number of hydrogen-bond acceptors (Lipinski definition) is 3. The zero-order valence-electron chi connectivity index (χ0n) is 9.80. The van der Waals surface area contributed by atoms with Gasteiger partial charge in [0.2, 0.25) is 0 Å². The van der Waals surface area contributed by atoms with Crippen LogP contribution in [0.1, 0.15) is 5.69 Å². The van der Waals surface area contributed by atoms with Crippen molar-refractivity contribution in [1.82, 2.24) is 4.98 Å². The van der Waals surface area contributed by atoms with E-state index in [1.54, 1.807) is 18.2 Å². The number of benzene rings is 1. The second-order valence-electron chi connectivity index (χ2n) is 3.90. The van der Waals surface area contributed by atoms with Crippen molar-refractivity contribution in [2.75, 3.05) is 11.1 Å². The summed E-state index contributed by atoms with van der Waals surface area (Å²) in [5.74, 6) is 0. The maximum absolute atomic E-state index is 12.6. The number of hydrogen-bond donors (Lipinski definition) is 2. The number of alkyl halides is 3. The van der Waals surface area contributed by atoms with Gasteiger partial charge in [0, 0.05) is 9.50 Å². The lowest BCUT2D eigenvalue weighted by Gasteiger charge is -2.13. The second kappa shape index (κ2) is 5.49. The van der Waals surface area contributed by atoms with Crippen molar-refractivity contribution < 1.29 is 13.2 Å². The Morgan fingerprint density at radius 3 is 2.50 bits per heavy atom. The van der Waals surface area contributed by atoms with Crippen LogP contribution in [0.3, 0.4) is 0 Å². The Morgan fingerprint density at radius 1 is 1.20 bits per heavy atom. The van der Waals surface area contributed by atoms with Crippen LogP contribution in [0.5, 0.6) is 0 Å². The molecular formula is C12H8BrClF3N3. The van der Waals surface area contributed by atoms with Crippen molar-refractivity contribution in [1.29, 1.82) is 0 Å². The van der Waals surface area contributed by atoms with E-state index in [4.69, 9.17) is 17.3 Å². The minimum absolute atomic E-state index is 0.111. The van der Waals surface area contributed by atoms with Gasteiger partial charge in [0.1, 0.15) is 5.69 Å². The van der Waals surface area contributed by atoms with Crippen molar-refractivity contribution in [2.24, 2.45) is 0 Å². The summed E-state index contributed by atoms with van der Waals surface area (Å²) in [6.45, 7) is 0. The first-order valence-electron chi connectivity index (χ1n) is 5.32. The molecule has 0 atom stereocenters. The van der Waals surface area contributed by atoms with Crippen molar-refractivity contribution in [3.05, 3.63) is 45.7 Å². The third-order valence-corrected chi connectivity index (χ3v) is 3.32. The van der Waals surface area contributed by atoms with E-state index in [-0.39, 0.29) is 11.4 Å². The smallest absolute Gasteiger partial charge is 0.396 e. The number of nitrogens with two attached hydrogens (primary N) is 1. The largest absolute Gasteiger partial charge is 0.433 e. The number of halogens is 5. The van der Waals surface area contributed by atoms with E-state index in [2.05, 4.69) is 26.2 Å². The molecule has 2 rings (SSSR count). The maximum Gasteiger partial charge on any atom is 0.433 e. The summed E-state index contributed by atoms with van der Waals surface area (Å²) in [7, 11) is 0. The van der Waals surface area contributed by atoms with Gasteiger partial charge in [0.05, 0.1) is 23.3 Å². The molecular weight excluding hydrogens is 359 g/mol. The molecule has 106 valence electrons. The fraction of sp³-hybridized carbons (Fsp3) is 0.0833. The number of nitrogens with zero attached hydrogens (tertiary/aromatic N) is 1. The fourth-order valence-electron chi connectivity index (χ4n) is 1.47. The number of nitrogen functional groups attached to an aromatic ring is 1. The van der Waals surface area contributed by atoms with Gasteiger partial charge in [-0.3, -0.25) is 0 Å². The Kier molecular flexibility index (Phi) is 4.10. The van der Waals surface area contributed by atoms with Gasteiger partial charge in [-0.25, -0.2) is 4.98 Å². The number of aromatic nitrogens is 1. The van der Waals surface area contributed by atoms with E-state index < -0.39 is 11.9 Å². The minimum atomic E-state index is -4.53. The molecule has 1 aromatic carbocycles. The lowest BCUT2D eigenvalue weighted by Crippen LogP contribution is -2.09. The van der Waals surface area contributed by atoms with E-state index in [0.717, 1.165) is 12.3 Å². The predicted octanol–water partition coefficient (Wildman–Crippen LogP) is 4.84. The molecule has 0 fully saturated rings. The molecule has 3 nitrogen and oxygen atoms in total. The molecule has 0 radical (unpaired) electrons. The zero-order valence-corrected chi connectivity index (χ0v) is 12.1. The molecule has 0 saturated carbocycles. The summed E-state index contributed by atoms with van der Waals surface area (Å²) in [6.07, 6.45) is -3.56. The summed E-state index contributed by atoms with van der Waals surface area (Å²) in [4.78, 5) is 3.27. The second-order valence-corrected chi connectivity index (χ2v) is 5.19. The van der Waals surface area contributed by atoms with E-state index in [9.17, 15) is 13.2 Å². The first-order chi connectivity index (χ1) is 9.27. The third kappa shape index (κ3) is 3.34. The van der Waals surface area contributed by atoms with Crippen LogP contribution in [0.4, 0.5) is 30.2 Å². The van der Waals surface area contributed by atoms with Crippen molar-refractivity contribution >= 4 is 44.6 Å². The quantitative estimate of drug-likeness (QED) is 0.799. The lowest BCUT2D eigenvalue weighted by atomic mass is 10.2. The predicted molar refractivity (Wildman–Crippen MR) is 76.1 cm³/mol. The Bertz CT molecular complexity index is 646. The van der Waals surface area contributed by atoms with E-state index in [0.29, 0.717) is 15.2 Å². The van der Waals surface area contributed by atoms with Gasteiger partial charge in [-0.2, -0.15) is 13.2 Å². The molecule has 20 heavy (non-hydrogen) atoms. The van der Waals surface area contributed by atoms with Crippen LogP contribution in [0.25, 0.3) is 0 Å². The number of pyridine rings is 1. The standard InChI is InChI=1S/C12H8BrClF3N3/c13-7-3-6(14)1-2-9(7)20-10-4-11(12(15,16)17)19-5-8(10)18/h1-5H,18H2,(H,19,20). The first kappa shape index (κ1) is 14.9. The monoisotopic (exact) mass is 365 g/mol. The molecule has 3 N–H and O–H groups in total. The summed E-state index contributed by atoms with van der Waals surface area (Å²) in [5, 5.41) is 3.31. The van der Waals surface area contributed by atoms with Crippen LogP contribution >= 0.6 is 27.5 Å². The molecule has 2 aromatic rings. The van der Waals surface area contributed by atoms with Crippen LogP contribution in [-0.4, -0.2) is 4.98 Å². The zero-order chi connectivity index (χ0) is 14.9. The SMILES string of the molecule is Nc1cnc(C(F)(F)F)cc1Nc1ccc(Cl)cc1Br. The topological polar surface area (TPSA) is 50.9 Å². The minimum Gasteiger partial charge on any atom is -0.396 e. The van der Waals surface area contributed by atoms with Gasteiger partial charge in [-0.15, -0.1) is 0 Å². The highest BCUT2D eigenvalue weighted by Crippen LogP contribution is 2.34. The number of rotatable bonds is 2. The first-order valence-corrected chi connectivity index (χ1v) is 6.49. The summed E-state index contributed by atoms with van der Waals surface area (Å²) in [5.41, 5.74) is 5.39. The molecule has 1 aromatic heterocycles. The Morgan fingerprint density at radius 2 is 1.90 bits per heavy atom. The van der Waals surface area contributed by atoms with Crippen molar-refractivity contribution in [3.63, 3.8) is 0 Å². The molecule has 0 aliphatic carbocycles. The lowest BCUT2D eigenvalue weighted by molar-refractivity contribution is -0.141. The third-order valence-electron chi connectivity index (χ3n) is 2.43. The van der Waals surface area contributed by atoms with E-state index >= 15 is 0 Å². The van der Waals surface area contributed by atoms with Crippen molar-refractivity contribution in [2.45, 2.75) is 6.18 Å². The highest BCUT2D eigenvalue weighted by Gasteiger charge is 2.33. The molecule has 0 saturated heterocycles. The van der Waals surface area contributed by atoms with E-state index in [1.807, 2.05) is 0 Å². The fourth-order valence-corrected chi connectivity index (χ4v) is 2.25. The van der Waals surface area contributed by atoms with Crippen LogP contribution < -0.4 is 11.1 Å². The van der Waals surface area contributed by atoms with Gasteiger partial charge in [0.15, 0.2) is 0 Å².